The summed E-state index contributed by atoms with van der Waals surface area (Å²) in [5.41, 5.74) is -0.719. The average Bonchev–Trinajstić information content (AvgIpc) is 2.83. The SMILES string of the molecule is COC(=O)C(C)(C)CNC(=O)C1CC(OC)CN1. The predicted octanol–water partition coefficient (Wildman–Crippen LogP) is -0.321. The third-order valence-electron chi connectivity index (χ3n) is 3.18. The van der Waals surface area contributed by atoms with Crippen LogP contribution in [0.1, 0.15) is 20.3 Å². The zero-order chi connectivity index (χ0) is 13.8. The van der Waals surface area contributed by atoms with Crippen molar-refractivity contribution in [1.82, 2.24) is 10.6 Å². The third-order valence-corrected chi connectivity index (χ3v) is 3.18. The van der Waals surface area contributed by atoms with Gasteiger partial charge in [0.25, 0.3) is 0 Å². The van der Waals surface area contributed by atoms with Crippen LogP contribution >= 0.6 is 0 Å². The minimum absolute atomic E-state index is 0.0781. The molecule has 2 N–H and O–H groups in total. The molecule has 0 saturated carbocycles. The molecule has 0 aliphatic carbocycles. The van der Waals surface area contributed by atoms with E-state index in [1.807, 2.05) is 0 Å². The maximum atomic E-state index is 11.9. The van der Waals surface area contributed by atoms with Crippen molar-refractivity contribution in [2.45, 2.75) is 32.4 Å². The molecule has 0 aromatic rings. The van der Waals surface area contributed by atoms with Gasteiger partial charge in [-0.1, -0.05) is 0 Å². The molecule has 1 fully saturated rings. The van der Waals surface area contributed by atoms with Gasteiger partial charge in [-0.05, 0) is 20.3 Å². The second kappa shape index (κ2) is 6.15. The molecule has 0 bridgehead atoms. The lowest BCUT2D eigenvalue weighted by Crippen LogP contribution is -2.46. The summed E-state index contributed by atoms with van der Waals surface area (Å²) in [6.45, 7) is 4.40. The monoisotopic (exact) mass is 258 g/mol. The smallest absolute Gasteiger partial charge is 0.313 e. The summed E-state index contributed by atoms with van der Waals surface area (Å²) in [5, 5.41) is 5.85. The van der Waals surface area contributed by atoms with E-state index < -0.39 is 5.41 Å². The van der Waals surface area contributed by atoms with Crippen LogP contribution in [0, 0.1) is 5.41 Å². The second-order valence-corrected chi connectivity index (χ2v) is 5.15. The van der Waals surface area contributed by atoms with E-state index in [-0.39, 0.29) is 30.6 Å². The van der Waals surface area contributed by atoms with E-state index in [0.717, 1.165) is 0 Å². The van der Waals surface area contributed by atoms with Crippen molar-refractivity contribution in [2.24, 2.45) is 5.41 Å². The first-order valence-electron chi connectivity index (χ1n) is 6.03. The van der Waals surface area contributed by atoms with Gasteiger partial charge in [0.1, 0.15) is 0 Å². The number of carbonyl (C=O) groups excluding carboxylic acids is 2. The van der Waals surface area contributed by atoms with Crippen molar-refractivity contribution in [3.05, 3.63) is 0 Å². The Labute approximate surface area is 107 Å². The third kappa shape index (κ3) is 3.68. The first-order valence-corrected chi connectivity index (χ1v) is 6.03. The van der Waals surface area contributed by atoms with Gasteiger partial charge in [-0.15, -0.1) is 0 Å². The molecule has 1 amide bonds. The highest BCUT2D eigenvalue weighted by Gasteiger charge is 2.33. The van der Waals surface area contributed by atoms with E-state index in [1.54, 1.807) is 21.0 Å². The van der Waals surface area contributed by atoms with E-state index in [9.17, 15) is 9.59 Å². The summed E-state index contributed by atoms with van der Waals surface area (Å²) in [5.74, 6) is -0.441. The Balaban J connectivity index is 2.40. The van der Waals surface area contributed by atoms with Crippen LogP contribution in [0.5, 0.6) is 0 Å². The lowest BCUT2D eigenvalue weighted by atomic mass is 9.93. The molecule has 6 heteroatoms. The summed E-state index contributed by atoms with van der Waals surface area (Å²) in [6, 6.07) is -0.247. The fourth-order valence-electron chi connectivity index (χ4n) is 1.86. The normalized spacial score (nSPS) is 23.8. The summed E-state index contributed by atoms with van der Waals surface area (Å²) in [7, 11) is 2.97. The van der Waals surface area contributed by atoms with Crippen LogP contribution in [-0.2, 0) is 19.1 Å². The predicted molar refractivity (Wildman–Crippen MR) is 66.0 cm³/mol. The highest BCUT2D eigenvalue weighted by Crippen LogP contribution is 2.16. The van der Waals surface area contributed by atoms with Crippen molar-refractivity contribution in [3.8, 4) is 0 Å². The van der Waals surface area contributed by atoms with Gasteiger partial charge >= 0.3 is 5.97 Å². The molecule has 0 aromatic carbocycles. The Morgan fingerprint density at radius 2 is 2.06 bits per heavy atom. The van der Waals surface area contributed by atoms with Gasteiger partial charge in [-0.3, -0.25) is 9.59 Å². The molecule has 0 spiro atoms. The van der Waals surface area contributed by atoms with E-state index in [2.05, 4.69) is 15.4 Å². The van der Waals surface area contributed by atoms with E-state index in [4.69, 9.17) is 4.74 Å². The van der Waals surface area contributed by atoms with Gasteiger partial charge in [0, 0.05) is 20.2 Å². The van der Waals surface area contributed by atoms with Gasteiger partial charge in [0.15, 0.2) is 0 Å². The van der Waals surface area contributed by atoms with Crippen LogP contribution in [0.2, 0.25) is 0 Å². The Bertz CT molecular complexity index is 317. The molecule has 6 nitrogen and oxygen atoms in total. The Morgan fingerprint density at radius 1 is 1.39 bits per heavy atom. The van der Waals surface area contributed by atoms with Gasteiger partial charge in [0.2, 0.25) is 5.91 Å². The minimum atomic E-state index is -0.719. The molecule has 1 aliphatic heterocycles. The maximum Gasteiger partial charge on any atom is 0.313 e. The molecular formula is C12H22N2O4. The Hall–Kier alpha value is -1.14. The first-order chi connectivity index (χ1) is 8.40. The lowest BCUT2D eigenvalue weighted by Gasteiger charge is -2.22. The van der Waals surface area contributed by atoms with Crippen molar-refractivity contribution < 1.29 is 19.1 Å². The molecular weight excluding hydrogens is 236 g/mol. The lowest BCUT2D eigenvalue weighted by molar-refractivity contribution is -0.150. The van der Waals surface area contributed by atoms with E-state index in [0.29, 0.717) is 13.0 Å². The summed E-state index contributed by atoms with van der Waals surface area (Å²) in [6.07, 6.45) is 0.732. The van der Waals surface area contributed by atoms with Crippen molar-refractivity contribution in [3.63, 3.8) is 0 Å². The van der Waals surface area contributed by atoms with Crippen LogP contribution in [0.4, 0.5) is 0 Å². The zero-order valence-electron chi connectivity index (χ0n) is 11.4. The molecule has 0 aromatic heterocycles. The highest BCUT2D eigenvalue weighted by molar-refractivity contribution is 5.83. The second-order valence-electron chi connectivity index (χ2n) is 5.15. The number of hydrogen-bond donors (Lipinski definition) is 2. The van der Waals surface area contributed by atoms with Crippen LogP contribution < -0.4 is 10.6 Å². The fourth-order valence-corrected chi connectivity index (χ4v) is 1.86. The standard InChI is InChI=1S/C12H22N2O4/c1-12(2,11(16)18-4)7-14-10(15)9-5-8(17-3)6-13-9/h8-9,13H,5-7H2,1-4H3,(H,14,15). The number of methoxy groups -OCH3 is 2. The largest absolute Gasteiger partial charge is 0.469 e. The van der Waals surface area contributed by atoms with E-state index >= 15 is 0 Å². The van der Waals surface area contributed by atoms with Crippen molar-refractivity contribution in [1.29, 1.82) is 0 Å². The van der Waals surface area contributed by atoms with Gasteiger partial charge in [-0.25, -0.2) is 0 Å². The van der Waals surface area contributed by atoms with Crippen LogP contribution in [0.3, 0.4) is 0 Å². The molecule has 2 unspecified atom stereocenters. The fraction of sp³-hybridized carbons (Fsp3) is 0.833. The van der Waals surface area contributed by atoms with Crippen LogP contribution in [0.25, 0.3) is 0 Å². The van der Waals surface area contributed by atoms with E-state index in [1.165, 1.54) is 7.11 Å². The number of amides is 1. The summed E-state index contributed by atoms with van der Waals surface area (Å²) in [4.78, 5) is 23.3. The first kappa shape index (κ1) is 14.9. The summed E-state index contributed by atoms with van der Waals surface area (Å²) >= 11 is 0. The van der Waals surface area contributed by atoms with Gasteiger partial charge in [0.05, 0.1) is 24.7 Å². The molecule has 104 valence electrons. The number of hydrogen-bond acceptors (Lipinski definition) is 5. The number of ether oxygens (including phenoxy) is 2. The molecule has 18 heavy (non-hydrogen) atoms. The molecule has 2 atom stereocenters. The topological polar surface area (TPSA) is 76.7 Å². The minimum Gasteiger partial charge on any atom is -0.469 e. The quantitative estimate of drug-likeness (QED) is 0.661. The highest BCUT2D eigenvalue weighted by atomic mass is 16.5. The van der Waals surface area contributed by atoms with Crippen LogP contribution in [-0.4, -0.2) is 51.3 Å². The summed E-state index contributed by atoms with van der Waals surface area (Å²) < 4.78 is 9.86. The molecule has 0 radical (unpaired) electrons. The molecule has 1 heterocycles. The zero-order valence-corrected chi connectivity index (χ0v) is 11.4. The van der Waals surface area contributed by atoms with Crippen LogP contribution in [0.15, 0.2) is 0 Å². The molecule has 1 rings (SSSR count). The molecule has 1 saturated heterocycles. The molecule has 1 aliphatic rings. The number of rotatable bonds is 5. The number of esters is 1. The van der Waals surface area contributed by atoms with Crippen molar-refractivity contribution >= 4 is 11.9 Å². The van der Waals surface area contributed by atoms with Gasteiger partial charge in [-0.2, -0.15) is 0 Å². The number of carbonyl (C=O) groups is 2. The Morgan fingerprint density at radius 3 is 2.56 bits per heavy atom. The average molecular weight is 258 g/mol. The maximum absolute atomic E-state index is 11.9. The van der Waals surface area contributed by atoms with Crippen molar-refractivity contribution in [2.75, 3.05) is 27.3 Å². The van der Waals surface area contributed by atoms with Gasteiger partial charge < -0.3 is 20.1 Å². The number of nitrogens with one attached hydrogen (secondary N) is 2. The Kier molecular flexibility index (Phi) is 5.10.